The first-order chi connectivity index (χ1) is 11.1. The number of carbonyl (C=O) groups is 2. The number of rotatable bonds is 2. The smallest absolute Gasteiger partial charge is 0.349 e. The number of methoxy groups -OCH3 is 1. The van der Waals surface area contributed by atoms with Crippen LogP contribution in [0.1, 0.15) is 29.6 Å². The summed E-state index contributed by atoms with van der Waals surface area (Å²) in [6.07, 6.45) is 2.17. The van der Waals surface area contributed by atoms with Crippen LogP contribution in [0.4, 0.5) is 0 Å². The maximum Gasteiger partial charge on any atom is 0.349 e. The third-order valence-corrected chi connectivity index (χ3v) is 4.11. The highest BCUT2D eigenvalue weighted by atomic mass is 16.5. The highest BCUT2D eigenvalue weighted by Crippen LogP contribution is 2.21. The zero-order valence-corrected chi connectivity index (χ0v) is 12.8. The quantitative estimate of drug-likeness (QED) is 0.625. The van der Waals surface area contributed by atoms with Gasteiger partial charge in [0.1, 0.15) is 17.2 Å². The van der Waals surface area contributed by atoms with Crippen molar-refractivity contribution in [3.05, 3.63) is 46.3 Å². The summed E-state index contributed by atoms with van der Waals surface area (Å²) < 4.78 is 9.98. The molecule has 1 aromatic carbocycles. The molecule has 1 aliphatic heterocycles. The van der Waals surface area contributed by atoms with Gasteiger partial charge in [0.2, 0.25) is 0 Å². The fourth-order valence-corrected chi connectivity index (χ4v) is 2.92. The van der Waals surface area contributed by atoms with Crippen LogP contribution in [0.3, 0.4) is 0 Å². The van der Waals surface area contributed by atoms with Gasteiger partial charge in [-0.15, -0.1) is 0 Å². The summed E-state index contributed by atoms with van der Waals surface area (Å²) in [6.45, 7) is 0.421. The van der Waals surface area contributed by atoms with Crippen molar-refractivity contribution >= 4 is 22.8 Å². The summed E-state index contributed by atoms with van der Waals surface area (Å²) >= 11 is 0. The molecule has 0 radical (unpaired) electrons. The second kappa shape index (κ2) is 6.24. The number of carbonyl (C=O) groups excluding carboxylic acids is 2. The van der Waals surface area contributed by atoms with Crippen LogP contribution < -0.4 is 5.63 Å². The number of hydrogen-bond acceptors (Lipinski definition) is 5. The van der Waals surface area contributed by atoms with Gasteiger partial charge in [-0.1, -0.05) is 18.2 Å². The van der Waals surface area contributed by atoms with Crippen molar-refractivity contribution < 1.29 is 18.7 Å². The fourth-order valence-electron chi connectivity index (χ4n) is 2.92. The molecule has 1 amide bonds. The van der Waals surface area contributed by atoms with E-state index in [9.17, 15) is 14.4 Å². The number of fused-ring (bicyclic) bond motifs is 1. The minimum absolute atomic E-state index is 0.0560. The number of amides is 1. The average Bonchev–Trinajstić information content (AvgIpc) is 2.59. The SMILES string of the molecule is COC(=O)C1CCCCN1C(=O)c1cc2ccccc2oc1=O. The van der Waals surface area contributed by atoms with E-state index in [1.807, 2.05) is 0 Å². The van der Waals surface area contributed by atoms with E-state index in [2.05, 4.69) is 0 Å². The highest BCUT2D eigenvalue weighted by molar-refractivity contribution is 5.98. The van der Waals surface area contributed by atoms with E-state index in [0.717, 1.165) is 12.8 Å². The second-order valence-corrected chi connectivity index (χ2v) is 5.52. The van der Waals surface area contributed by atoms with Gasteiger partial charge in [0, 0.05) is 11.9 Å². The van der Waals surface area contributed by atoms with Crippen molar-refractivity contribution in [2.75, 3.05) is 13.7 Å². The lowest BCUT2D eigenvalue weighted by Gasteiger charge is -2.33. The van der Waals surface area contributed by atoms with E-state index < -0.39 is 23.5 Å². The van der Waals surface area contributed by atoms with Gasteiger partial charge in [-0.25, -0.2) is 9.59 Å². The van der Waals surface area contributed by atoms with Crippen molar-refractivity contribution in [2.24, 2.45) is 0 Å². The maximum atomic E-state index is 12.8. The minimum atomic E-state index is -0.692. The molecule has 6 heteroatoms. The van der Waals surface area contributed by atoms with Crippen LogP contribution in [0.2, 0.25) is 0 Å². The Kier molecular flexibility index (Phi) is 4.14. The molecular formula is C17H17NO5. The minimum Gasteiger partial charge on any atom is -0.467 e. The normalized spacial score (nSPS) is 18.0. The second-order valence-electron chi connectivity index (χ2n) is 5.52. The molecule has 23 heavy (non-hydrogen) atoms. The van der Waals surface area contributed by atoms with Gasteiger partial charge >= 0.3 is 11.6 Å². The lowest BCUT2D eigenvalue weighted by Crippen LogP contribution is -2.49. The van der Waals surface area contributed by atoms with E-state index >= 15 is 0 Å². The molecule has 0 N–H and O–H groups in total. The molecule has 1 atom stereocenters. The van der Waals surface area contributed by atoms with Crippen LogP contribution in [0.5, 0.6) is 0 Å². The molecule has 2 heterocycles. The Balaban J connectivity index is 2.00. The third-order valence-electron chi connectivity index (χ3n) is 4.11. The molecule has 3 rings (SSSR count). The summed E-state index contributed by atoms with van der Waals surface area (Å²) in [6, 6.07) is 7.87. The van der Waals surface area contributed by atoms with E-state index in [4.69, 9.17) is 9.15 Å². The monoisotopic (exact) mass is 315 g/mol. The molecule has 0 saturated carbocycles. The zero-order valence-electron chi connectivity index (χ0n) is 12.8. The van der Waals surface area contributed by atoms with Crippen molar-refractivity contribution in [3.63, 3.8) is 0 Å². The van der Waals surface area contributed by atoms with Gasteiger partial charge in [-0.05, 0) is 31.4 Å². The first-order valence-corrected chi connectivity index (χ1v) is 7.53. The lowest BCUT2D eigenvalue weighted by molar-refractivity contribution is -0.147. The van der Waals surface area contributed by atoms with Crippen LogP contribution >= 0.6 is 0 Å². The Hall–Kier alpha value is -2.63. The predicted molar refractivity (Wildman–Crippen MR) is 83.2 cm³/mol. The predicted octanol–water partition coefficient (Wildman–Crippen LogP) is 1.96. The number of benzene rings is 1. The van der Waals surface area contributed by atoms with E-state index in [1.54, 1.807) is 24.3 Å². The number of likely N-dealkylation sites (tertiary alicyclic amines) is 1. The van der Waals surface area contributed by atoms with Crippen molar-refractivity contribution in [1.29, 1.82) is 0 Å². The Morgan fingerprint density at radius 1 is 1.26 bits per heavy atom. The molecule has 2 aromatic rings. The fraction of sp³-hybridized carbons (Fsp3) is 0.353. The Labute approximate surface area is 132 Å². The number of hydrogen-bond donors (Lipinski definition) is 0. The molecule has 1 saturated heterocycles. The highest BCUT2D eigenvalue weighted by Gasteiger charge is 2.34. The standard InChI is InChI=1S/C17H17NO5/c1-22-17(21)13-7-4-5-9-18(13)15(19)12-10-11-6-2-3-8-14(11)23-16(12)20/h2-3,6,8,10,13H,4-5,7,9H2,1H3. The summed E-state index contributed by atoms with van der Waals surface area (Å²) in [7, 11) is 1.30. The van der Waals surface area contributed by atoms with E-state index in [-0.39, 0.29) is 5.56 Å². The van der Waals surface area contributed by atoms with Crippen LogP contribution in [0, 0.1) is 0 Å². The lowest BCUT2D eigenvalue weighted by atomic mass is 10.0. The molecule has 6 nitrogen and oxygen atoms in total. The summed E-state index contributed by atoms with van der Waals surface area (Å²) in [5.41, 5.74) is -0.320. The Morgan fingerprint density at radius 3 is 2.83 bits per heavy atom. The number of ether oxygens (including phenoxy) is 1. The van der Waals surface area contributed by atoms with Crippen molar-refractivity contribution in [2.45, 2.75) is 25.3 Å². The Bertz CT molecular complexity index is 810. The van der Waals surface area contributed by atoms with Gasteiger partial charge in [0.15, 0.2) is 0 Å². The van der Waals surface area contributed by atoms with Crippen molar-refractivity contribution in [3.8, 4) is 0 Å². The number of esters is 1. The van der Waals surface area contributed by atoms with Gasteiger partial charge in [0.05, 0.1) is 7.11 Å². The number of para-hydroxylation sites is 1. The zero-order chi connectivity index (χ0) is 16.4. The van der Waals surface area contributed by atoms with Gasteiger partial charge in [-0.3, -0.25) is 4.79 Å². The van der Waals surface area contributed by atoms with Crippen LogP contribution in [-0.2, 0) is 9.53 Å². The summed E-state index contributed by atoms with van der Waals surface area (Å²) in [5.74, 6) is -0.942. The first kappa shape index (κ1) is 15.3. The molecule has 1 unspecified atom stereocenters. The average molecular weight is 315 g/mol. The first-order valence-electron chi connectivity index (χ1n) is 7.53. The molecule has 120 valence electrons. The molecule has 0 aliphatic carbocycles. The maximum absolute atomic E-state index is 12.8. The topological polar surface area (TPSA) is 76.8 Å². The van der Waals surface area contributed by atoms with E-state index in [1.165, 1.54) is 18.1 Å². The van der Waals surface area contributed by atoms with Gasteiger partial charge < -0.3 is 14.1 Å². The number of piperidine rings is 1. The molecule has 1 fully saturated rings. The molecule has 1 aliphatic rings. The summed E-state index contributed by atoms with van der Waals surface area (Å²) in [4.78, 5) is 38.2. The number of nitrogens with zero attached hydrogens (tertiary/aromatic N) is 1. The van der Waals surface area contributed by atoms with Crippen LogP contribution in [0.25, 0.3) is 11.0 Å². The van der Waals surface area contributed by atoms with Gasteiger partial charge in [-0.2, -0.15) is 0 Å². The molecule has 0 bridgehead atoms. The molecule has 1 aromatic heterocycles. The molecule has 0 spiro atoms. The van der Waals surface area contributed by atoms with Crippen LogP contribution in [0.15, 0.2) is 39.5 Å². The Morgan fingerprint density at radius 2 is 2.04 bits per heavy atom. The van der Waals surface area contributed by atoms with Crippen molar-refractivity contribution in [1.82, 2.24) is 4.90 Å². The largest absolute Gasteiger partial charge is 0.467 e. The van der Waals surface area contributed by atoms with E-state index in [0.29, 0.717) is 23.9 Å². The summed E-state index contributed by atoms with van der Waals surface area (Å²) in [5, 5.41) is 0.669. The molecular weight excluding hydrogens is 298 g/mol. The van der Waals surface area contributed by atoms with Crippen LogP contribution in [-0.4, -0.2) is 36.5 Å². The third kappa shape index (κ3) is 2.84. The van der Waals surface area contributed by atoms with Gasteiger partial charge in [0.25, 0.3) is 5.91 Å².